The molecule has 0 fully saturated rings. The van der Waals surface area contributed by atoms with Gasteiger partial charge < -0.3 is 20.6 Å². The number of carbonyl (C=O) groups is 2. The van der Waals surface area contributed by atoms with Gasteiger partial charge in [0.1, 0.15) is 5.75 Å². The van der Waals surface area contributed by atoms with E-state index in [9.17, 15) is 9.59 Å². The van der Waals surface area contributed by atoms with Crippen LogP contribution in [0.5, 0.6) is 5.75 Å². The summed E-state index contributed by atoms with van der Waals surface area (Å²) in [6, 6.07) is 6.22. The maximum atomic E-state index is 11.4. The average Bonchev–Trinajstić information content (AvgIpc) is 2.32. The summed E-state index contributed by atoms with van der Waals surface area (Å²) in [6.45, 7) is 0.102. The number of benzene rings is 1. The summed E-state index contributed by atoms with van der Waals surface area (Å²) in [6.07, 6.45) is -1.35. The zero-order chi connectivity index (χ0) is 13.5. The van der Waals surface area contributed by atoms with Crippen LogP contribution in [-0.4, -0.2) is 39.8 Å². The van der Waals surface area contributed by atoms with Gasteiger partial charge in [-0.25, -0.2) is 4.79 Å². The number of rotatable bonds is 6. The Labute approximate surface area is 104 Å². The highest BCUT2D eigenvalue weighted by Gasteiger charge is 2.12. The molecule has 4 N–H and O–H groups in total. The zero-order valence-electron chi connectivity index (χ0n) is 9.67. The third-order valence-electron chi connectivity index (χ3n) is 2.33. The van der Waals surface area contributed by atoms with Gasteiger partial charge in [-0.15, -0.1) is 0 Å². The minimum atomic E-state index is -1.46. The number of aliphatic hydroxyl groups is 1. The maximum absolute atomic E-state index is 11.4. The van der Waals surface area contributed by atoms with Crippen LogP contribution in [-0.2, 0) is 16.0 Å². The second-order valence-electron chi connectivity index (χ2n) is 3.84. The van der Waals surface area contributed by atoms with Crippen molar-refractivity contribution in [3.63, 3.8) is 0 Å². The van der Waals surface area contributed by atoms with Crippen molar-refractivity contribution >= 4 is 11.9 Å². The Morgan fingerprint density at radius 1 is 1.22 bits per heavy atom. The molecule has 0 saturated heterocycles. The van der Waals surface area contributed by atoms with Gasteiger partial charge in [0.05, 0.1) is 6.42 Å². The van der Waals surface area contributed by atoms with Crippen molar-refractivity contribution in [2.45, 2.75) is 18.9 Å². The van der Waals surface area contributed by atoms with Gasteiger partial charge in [0, 0.05) is 13.0 Å². The number of aliphatic carboxylic acids is 1. The Morgan fingerprint density at radius 2 is 1.83 bits per heavy atom. The molecule has 0 heterocycles. The summed E-state index contributed by atoms with van der Waals surface area (Å²) >= 11 is 0. The fourth-order valence-corrected chi connectivity index (χ4v) is 1.33. The predicted octanol–water partition coefficient (Wildman–Crippen LogP) is -0.114. The molecule has 1 unspecified atom stereocenters. The second-order valence-corrected chi connectivity index (χ2v) is 3.84. The molecule has 0 aliphatic carbocycles. The average molecular weight is 253 g/mol. The van der Waals surface area contributed by atoms with Crippen molar-refractivity contribution in [2.24, 2.45) is 0 Å². The number of nitrogens with one attached hydrogen (secondary N) is 1. The van der Waals surface area contributed by atoms with E-state index < -0.39 is 12.1 Å². The van der Waals surface area contributed by atoms with Gasteiger partial charge in [0.25, 0.3) is 0 Å². The molecule has 0 aliphatic rings. The number of carbonyl (C=O) groups excluding carboxylic acids is 1. The van der Waals surface area contributed by atoms with Crippen molar-refractivity contribution in [1.82, 2.24) is 5.32 Å². The van der Waals surface area contributed by atoms with Crippen molar-refractivity contribution < 1.29 is 24.9 Å². The molecule has 0 aliphatic heterocycles. The van der Waals surface area contributed by atoms with Gasteiger partial charge in [-0.1, -0.05) is 12.1 Å². The lowest BCUT2D eigenvalue weighted by Gasteiger charge is -2.07. The van der Waals surface area contributed by atoms with Gasteiger partial charge in [-0.05, 0) is 17.7 Å². The van der Waals surface area contributed by atoms with E-state index in [1.165, 1.54) is 12.1 Å². The van der Waals surface area contributed by atoms with E-state index in [0.29, 0.717) is 0 Å². The van der Waals surface area contributed by atoms with E-state index in [-0.39, 0.29) is 31.0 Å². The summed E-state index contributed by atoms with van der Waals surface area (Å²) in [5.41, 5.74) is 0.740. The summed E-state index contributed by atoms with van der Waals surface area (Å²) < 4.78 is 0. The van der Waals surface area contributed by atoms with Crippen molar-refractivity contribution in [2.75, 3.05) is 6.54 Å². The molecule has 1 rings (SSSR count). The van der Waals surface area contributed by atoms with E-state index in [1.807, 2.05) is 0 Å². The van der Waals surface area contributed by atoms with Gasteiger partial charge in [-0.3, -0.25) is 4.79 Å². The zero-order valence-corrected chi connectivity index (χ0v) is 9.67. The van der Waals surface area contributed by atoms with Crippen LogP contribution < -0.4 is 5.32 Å². The number of carboxylic acids is 1. The highest BCUT2D eigenvalue weighted by atomic mass is 16.4. The Balaban J connectivity index is 2.30. The van der Waals surface area contributed by atoms with Crippen LogP contribution in [0.3, 0.4) is 0 Å². The van der Waals surface area contributed by atoms with Crippen molar-refractivity contribution in [3.05, 3.63) is 29.8 Å². The third kappa shape index (κ3) is 4.84. The fourth-order valence-electron chi connectivity index (χ4n) is 1.33. The summed E-state index contributed by atoms with van der Waals surface area (Å²) in [4.78, 5) is 21.8. The normalized spacial score (nSPS) is 11.8. The number of aliphatic hydroxyl groups excluding tert-OH is 1. The number of phenolic OH excluding ortho intramolecular Hbond substituents is 1. The van der Waals surface area contributed by atoms with Gasteiger partial charge in [0.15, 0.2) is 6.10 Å². The Hall–Kier alpha value is -2.08. The molecule has 0 spiro atoms. The number of phenols is 1. The Bertz CT molecular complexity index is 415. The second kappa shape index (κ2) is 6.61. The summed E-state index contributed by atoms with van der Waals surface area (Å²) in [5.74, 6) is -1.44. The molecule has 1 atom stereocenters. The van der Waals surface area contributed by atoms with Crippen LogP contribution in [0.4, 0.5) is 0 Å². The topological polar surface area (TPSA) is 107 Å². The third-order valence-corrected chi connectivity index (χ3v) is 2.33. The minimum absolute atomic E-state index is 0.0311. The first-order valence-electron chi connectivity index (χ1n) is 5.44. The number of amides is 1. The first kappa shape index (κ1) is 14.0. The van der Waals surface area contributed by atoms with Crippen LogP contribution in [0, 0.1) is 0 Å². The molecule has 1 aromatic rings. The van der Waals surface area contributed by atoms with E-state index in [0.717, 1.165) is 5.56 Å². The van der Waals surface area contributed by atoms with Gasteiger partial charge in [0.2, 0.25) is 5.91 Å². The first-order valence-corrected chi connectivity index (χ1v) is 5.44. The summed E-state index contributed by atoms with van der Waals surface area (Å²) in [5, 5.41) is 29.0. The van der Waals surface area contributed by atoms with Crippen LogP contribution in [0.1, 0.15) is 12.0 Å². The molecule has 98 valence electrons. The monoisotopic (exact) mass is 253 g/mol. The molecular weight excluding hydrogens is 238 g/mol. The highest BCUT2D eigenvalue weighted by Crippen LogP contribution is 2.09. The molecule has 1 aromatic carbocycles. The molecule has 6 nitrogen and oxygen atoms in total. The summed E-state index contributed by atoms with van der Waals surface area (Å²) in [7, 11) is 0. The lowest BCUT2D eigenvalue weighted by Crippen LogP contribution is -2.30. The minimum Gasteiger partial charge on any atom is -0.508 e. The van der Waals surface area contributed by atoms with E-state index in [4.69, 9.17) is 15.3 Å². The number of carboxylic acid groups (broad SMARTS) is 1. The fraction of sp³-hybridized carbons (Fsp3) is 0.333. The molecule has 18 heavy (non-hydrogen) atoms. The lowest BCUT2D eigenvalue weighted by atomic mass is 10.1. The SMILES string of the molecule is O=C(Cc1ccc(O)cc1)NCCC(O)C(=O)O. The van der Waals surface area contributed by atoms with E-state index in [2.05, 4.69) is 5.32 Å². The van der Waals surface area contributed by atoms with Crippen molar-refractivity contribution in [1.29, 1.82) is 0 Å². The molecular formula is C12H15NO5. The first-order chi connectivity index (χ1) is 8.49. The van der Waals surface area contributed by atoms with Crippen LogP contribution in [0.15, 0.2) is 24.3 Å². The highest BCUT2D eigenvalue weighted by molar-refractivity contribution is 5.78. The van der Waals surface area contributed by atoms with Gasteiger partial charge in [-0.2, -0.15) is 0 Å². The Kier molecular flexibility index (Phi) is 5.13. The molecule has 6 heteroatoms. The Morgan fingerprint density at radius 3 is 2.39 bits per heavy atom. The van der Waals surface area contributed by atoms with Crippen LogP contribution >= 0.6 is 0 Å². The molecule has 0 saturated carbocycles. The molecule has 1 amide bonds. The number of hydrogen-bond acceptors (Lipinski definition) is 4. The van der Waals surface area contributed by atoms with Crippen molar-refractivity contribution in [3.8, 4) is 5.75 Å². The van der Waals surface area contributed by atoms with Gasteiger partial charge >= 0.3 is 5.97 Å². The largest absolute Gasteiger partial charge is 0.508 e. The molecule has 0 radical (unpaired) electrons. The lowest BCUT2D eigenvalue weighted by molar-refractivity contribution is -0.147. The standard InChI is InChI=1S/C12H15NO5/c14-9-3-1-8(2-4-9)7-11(16)13-6-5-10(15)12(17)18/h1-4,10,14-15H,5-7H2,(H,13,16)(H,17,18). The number of hydrogen-bond donors (Lipinski definition) is 4. The molecule has 0 aromatic heterocycles. The van der Waals surface area contributed by atoms with Crippen LogP contribution in [0.25, 0.3) is 0 Å². The van der Waals surface area contributed by atoms with Crippen LogP contribution in [0.2, 0.25) is 0 Å². The smallest absolute Gasteiger partial charge is 0.332 e. The molecule has 0 bridgehead atoms. The number of aromatic hydroxyl groups is 1. The predicted molar refractivity (Wildman–Crippen MR) is 63.1 cm³/mol. The van der Waals surface area contributed by atoms with E-state index >= 15 is 0 Å². The van der Waals surface area contributed by atoms with E-state index in [1.54, 1.807) is 12.1 Å². The maximum Gasteiger partial charge on any atom is 0.332 e. The quantitative estimate of drug-likeness (QED) is 0.565.